The van der Waals surface area contributed by atoms with Crippen molar-refractivity contribution in [2.24, 2.45) is 0 Å². The fraction of sp³-hybridized carbons (Fsp3) is 0. The minimum atomic E-state index is -1.44. The Labute approximate surface area is 76.8 Å². The summed E-state index contributed by atoms with van der Waals surface area (Å²) >= 11 is 5.54. The normalized spacial score (nSPS) is 10.5. The molecule has 0 atom stereocenters. The van der Waals surface area contributed by atoms with Crippen LogP contribution in [0.3, 0.4) is 0 Å². The Morgan fingerprint density at radius 1 is 1.46 bits per heavy atom. The quantitative estimate of drug-likeness (QED) is 0.594. The van der Waals surface area contributed by atoms with E-state index in [0.29, 0.717) is 5.65 Å². The molecule has 2 aromatic heterocycles. The van der Waals surface area contributed by atoms with Crippen LogP contribution in [0.5, 0.6) is 0 Å². The molecule has 0 aliphatic heterocycles. The number of aromatic nitrogens is 4. The summed E-state index contributed by atoms with van der Waals surface area (Å²) in [4.78, 5) is 14.0. The van der Waals surface area contributed by atoms with Gasteiger partial charge < -0.3 is 9.90 Å². The van der Waals surface area contributed by atoms with E-state index in [1.807, 2.05) is 0 Å². The molecule has 0 aliphatic carbocycles. The number of carboxylic acids is 1. The first kappa shape index (κ1) is 7.93. The van der Waals surface area contributed by atoms with Crippen molar-refractivity contribution in [2.75, 3.05) is 0 Å². The van der Waals surface area contributed by atoms with E-state index in [0.717, 1.165) is 4.63 Å². The van der Waals surface area contributed by atoms with Crippen molar-refractivity contribution in [3.8, 4) is 0 Å². The van der Waals surface area contributed by atoms with Crippen LogP contribution in [0.15, 0.2) is 12.1 Å². The lowest BCUT2D eigenvalue weighted by atomic mass is 10.5. The van der Waals surface area contributed by atoms with Crippen LogP contribution in [0.4, 0.5) is 0 Å². The topological polar surface area (TPSA) is 83.2 Å². The van der Waals surface area contributed by atoms with E-state index in [2.05, 4.69) is 15.2 Å². The lowest BCUT2D eigenvalue weighted by molar-refractivity contribution is -0.256. The van der Waals surface area contributed by atoms with Gasteiger partial charge in [0.25, 0.3) is 0 Å². The van der Waals surface area contributed by atoms with Gasteiger partial charge in [0.15, 0.2) is 16.6 Å². The van der Waals surface area contributed by atoms with E-state index in [1.54, 1.807) is 0 Å². The molecule has 0 N–H and O–H groups in total. The van der Waals surface area contributed by atoms with Gasteiger partial charge in [-0.2, -0.15) is 0 Å². The average molecular weight is 198 g/mol. The van der Waals surface area contributed by atoms with Crippen LogP contribution in [0.25, 0.3) is 5.65 Å². The number of nitrogens with zero attached hydrogens (tertiary/aromatic N) is 4. The molecule has 7 heteroatoms. The monoisotopic (exact) mass is 197 g/mol. The molecular formula is C6H2ClN4O2-. The van der Waals surface area contributed by atoms with Crippen molar-refractivity contribution < 1.29 is 9.90 Å². The number of halogens is 1. The van der Waals surface area contributed by atoms with Gasteiger partial charge >= 0.3 is 0 Å². The van der Waals surface area contributed by atoms with Crippen molar-refractivity contribution >= 4 is 23.2 Å². The molecule has 13 heavy (non-hydrogen) atoms. The molecule has 0 spiro atoms. The smallest absolute Gasteiger partial charge is 0.199 e. The average Bonchev–Trinajstić information content (AvgIpc) is 2.46. The molecule has 0 saturated carbocycles. The summed E-state index contributed by atoms with van der Waals surface area (Å²) in [5, 5.41) is 17.8. The Bertz CT molecular complexity index is 480. The molecule has 0 saturated heterocycles. The number of rotatable bonds is 1. The molecule has 0 aromatic carbocycles. The van der Waals surface area contributed by atoms with Gasteiger partial charge in [-0.15, -0.1) is 14.8 Å². The first-order valence-electron chi connectivity index (χ1n) is 3.28. The largest absolute Gasteiger partial charge is 0.541 e. The molecular weight excluding hydrogens is 196 g/mol. The Hall–Kier alpha value is -1.69. The minimum absolute atomic E-state index is 0.210. The van der Waals surface area contributed by atoms with Crippen LogP contribution >= 0.6 is 11.6 Å². The zero-order valence-corrected chi connectivity index (χ0v) is 6.89. The molecule has 66 valence electrons. The first-order valence-corrected chi connectivity index (χ1v) is 3.65. The van der Waals surface area contributed by atoms with Crippen molar-refractivity contribution in [1.29, 1.82) is 0 Å². The van der Waals surface area contributed by atoms with Gasteiger partial charge in [0.2, 0.25) is 0 Å². The van der Waals surface area contributed by atoms with Gasteiger partial charge in [0, 0.05) is 0 Å². The molecule has 0 fully saturated rings. The van der Waals surface area contributed by atoms with Gasteiger partial charge in [-0.25, -0.2) is 4.98 Å². The standard InChI is InChI=1S/C6H3ClN4O2/c7-3-1-2-4-8-5(6(12)13)10-11(4)9-3/h1-2H,(H,12,13)/p-1. The summed E-state index contributed by atoms with van der Waals surface area (Å²) < 4.78 is 1.04. The summed E-state index contributed by atoms with van der Waals surface area (Å²) in [7, 11) is 0. The molecule has 2 aromatic rings. The third kappa shape index (κ3) is 1.31. The maximum Gasteiger partial charge on any atom is 0.199 e. The molecule has 0 radical (unpaired) electrons. The van der Waals surface area contributed by atoms with Crippen molar-refractivity contribution in [3.05, 3.63) is 23.1 Å². The summed E-state index contributed by atoms with van der Waals surface area (Å²) in [5.74, 6) is -1.85. The highest BCUT2D eigenvalue weighted by atomic mass is 35.5. The maximum atomic E-state index is 10.3. The predicted molar refractivity (Wildman–Crippen MR) is 40.1 cm³/mol. The van der Waals surface area contributed by atoms with E-state index in [-0.39, 0.29) is 5.15 Å². The zero-order chi connectivity index (χ0) is 9.42. The highest BCUT2D eigenvalue weighted by Gasteiger charge is 2.04. The van der Waals surface area contributed by atoms with Crippen molar-refractivity contribution in [3.63, 3.8) is 0 Å². The van der Waals surface area contributed by atoms with Crippen LogP contribution in [-0.2, 0) is 0 Å². The summed E-state index contributed by atoms with van der Waals surface area (Å²) in [5.41, 5.74) is 0.309. The van der Waals surface area contributed by atoms with Crippen molar-refractivity contribution in [2.45, 2.75) is 0 Å². The Morgan fingerprint density at radius 3 is 2.92 bits per heavy atom. The Morgan fingerprint density at radius 2 is 2.23 bits per heavy atom. The van der Waals surface area contributed by atoms with E-state index >= 15 is 0 Å². The predicted octanol–water partition coefficient (Wildman–Crippen LogP) is -0.859. The third-order valence-electron chi connectivity index (χ3n) is 1.36. The van der Waals surface area contributed by atoms with Crippen molar-refractivity contribution in [1.82, 2.24) is 19.8 Å². The van der Waals surface area contributed by atoms with E-state index in [1.165, 1.54) is 12.1 Å². The van der Waals surface area contributed by atoms with E-state index in [9.17, 15) is 9.90 Å². The van der Waals surface area contributed by atoms with Crippen LogP contribution in [-0.4, -0.2) is 25.8 Å². The van der Waals surface area contributed by atoms with Crippen LogP contribution in [0.1, 0.15) is 10.6 Å². The van der Waals surface area contributed by atoms with Crippen LogP contribution in [0, 0.1) is 0 Å². The molecule has 2 heterocycles. The van der Waals surface area contributed by atoms with Crippen LogP contribution < -0.4 is 5.11 Å². The third-order valence-corrected chi connectivity index (χ3v) is 1.56. The molecule has 2 rings (SSSR count). The lowest BCUT2D eigenvalue weighted by Gasteiger charge is -1.89. The van der Waals surface area contributed by atoms with E-state index in [4.69, 9.17) is 11.6 Å². The fourth-order valence-electron chi connectivity index (χ4n) is 0.848. The summed E-state index contributed by atoms with van der Waals surface area (Å²) in [6, 6.07) is 3.00. The SMILES string of the molecule is O=C([O-])c1nc2ccc(Cl)nn2n1. The molecule has 6 nitrogen and oxygen atoms in total. The lowest BCUT2D eigenvalue weighted by Crippen LogP contribution is -2.23. The number of carboxylic acid groups (broad SMARTS) is 1. The second kappa shape index (κ2) is 2.67. The van der Waals surface area contributed by atoms with Gasteiger partial charge in [-0.3, -0.25) is 0 Å². The molecule has 0 unspecified atom stereocenters. The van der Waals surface area contributed by atoms with Gasteiger partial charge in [-0.1, -0.05) is 11.6 Å². The number of hydrogen-bond acceptors (Lipinski definition) is 5. The molecule has 0 bridgehead atoms. The number of carbonyl (C=O) groups excluding carboxylic acids is 1. The van der Waals surface area contributed by atoms with E-state index < -0.39 is 11.8 Å². The van der Waals surface area contributed by atoms with Gasteiger partial charge in [0.1, 0.15) is 5.97 Å². The zero-order valence-electron chi connectivity index (χ0n) is 6.14. The second-order valence-electron chi connectivity index (χ2n) is 2.23. The number of carbonyl (C=O) groups is 1. The summed E-state index contributed by atoms with van der Waals surface area (Å²) in [6.45, 7) is 0. The fourth-order valence-corrected chi connectivity index (χ4v) is 0.982. The maximum absolute atomic E-state index is 10.3. The highest BCUT2D eigenvalue weighted by molar-refractivity contribution is 6.29. The number of aromatic carboxylic acids is 1. The Kier molecular flexibility index (Phi) is 1.63. The minimum Gasteiger partial charge on any atom is -0.541 e. The van der Waals surface area contributed by atoms with Gasteiger partial charge in [-0.05, 0) is 12.1 Å². The molecule has 0 aliphatic rings. The first-order chi connectivity index (χ1) is 6.16. The highest BCUT2D eigenvalue weighted by Crippen LogP contribution is 2.04. The Balaban J connectivity index is 2.68. The second-order valence-corrected chi connectivity index (χ2v) is 2.61. The number of hydrogen-bond donors (Lipinski definition) is 0. The summed E-state index contributed by atoms with van der Waals surface area (Å²) in [6.07, 6.45) is 0. The van der Waals surface area contributed by atoms with Gasteiger partial charge in [0.05, 0.1) is 0 Å². The molecule has 0 amide bonds. The number of fused-ring (bicyclic) bond motifs is 1. The van der Waals surface area contributed by atoms with Crippen LogP contribution in [0.2, 0.25) is 5.15 Å².